The number of likely N-dealkylation sites (N-methyl/N-ethyl adjacent to an activating group) is 1. The maximum atomic E-state index is 13.4. The topological polar surface area (TPSA) is 73.9 Å². The molecule has 0 radical (unpaired) electrons. The predicted molar refractivity (Wildman–Crippen MR) is 129 cm³/mol. The first kappa shape index (κ1) is 22.8. The van der Waals surface area contributed by atoms with Gasteiger partial charge in [0.2, 0.25) is 5.91 Å². The lowest BCUT2D eigenvalue weighted by atomic mass is 9.96. The molecule has 0 unspecified atom stereocenters. The number of anilines is 2. The van der Waals surface area contributed by atoms with E-state index < -0.39 is 5.54 Å². The van der Waals surface area contributed by atoms with Crippen molar-refractivity contribution >= 4 is 39.2 Å². The summed E-state index contributed by atoms with van der Waals surface area (Å²) in [6.45, 7) is 4.07. The van der Waals surface area contributed by atoms with E-state index in [0.29, 0.717) is 18.7 Å². The lowest BCUT2D eigenvalue weighted by Gasteiger charge is -2.33. The Morgan fingerprint density at radius 2 is 1.81 bits per heavy atom. The van der Waals surface area contributed by atoms with Crippen molar-refractivity contribution < 1.29 is 14.3 Å². The van der Waals surface area contributed by atoms with E-state index in [-0.39, 0.29) is 18.0 Å². The zero-order valence-corrected chi connectivity index (χ0v) is 20.2. The van der Waals surface area contributed by atoms with E-state index in [0.717, 1.165) is 29.7 Å². The van der Waals surface area contributed by atoms with Crippen molar-refractivity contribution in [3.63, 3.8) is 0 Å². The Labute approximate surface area is 197 Å². The highest BCUT2D eigenvalue weighted by molar-refractivity contribution is 9.10. The van der Waals surface area contributed by atoms with E-state index in [1.54, 1.807) is 18.9 Å². The minimum Gasteiger partial charge on any atom is -0.380 e. The normalized spacial score (nSPS) is 23.0. The van der Waals surface area contributed by atoms with Crippen LogP contribution >= 0.6 is 15.9 Å². The number of nitrogens with zero attached hydrogens (tertiary/aromatic N) is 2. The third-order valence-electron chi connectivity index (χ3n) is 6.44. The molecule has 4 rings (SSSR count). The summed E-state index contributed by atoms with van der Waals surface area (Å²) in [5, 5.41) is 5.95. The molecule has 32 heavy (non-hydrogen) atoms. The van der Waals surface area contributed by atoms with Gasteiger partial charge in [0.15, 0.2) is 0 Å². The van der Waals surface area contributed by atoms with Crippen molar-refractivity contribution in [2.24, 2.45) is 0 Å². The summed E-state index contributed by atoms with van der Waals surface area (Å²) in [5.74, 6) is -0.212. The van der Waals surface area contributed by atoms with Gasteiger partial charge in [0.05, 0.1) is 6.10 Å². The van der Waals surface area contributed by atoms with Crippen molar-refractivity contribution in [3.8, 4) is 0 Å². The molecular formula is C24H29BrN4O3. The van der Waals surface area contributed by atoms with Crippen LogP contribution in [0.2, 0.25) is 0 Å². The molecule has 3 amide bonds. The molecule has 1 saturated heterocycles. The fourth-order valence-corrected chi connectivity index (χ4v) is 4.73. The molecule has 2 N–H and O–H groups in total. The van der Waals surface area contributed by atoms with Crippen LogP contribution in [0.4, 0.5) is 16.2 Å². The maximum Gasteiger partial charge on any atom is 0.322 e. The second-order valence-corrected chi connectivity index (χ2v) is 9.72. The first-order valence-corrected chi connectivity index (χ1v) is 11.6. The zero-order valence-electron chi connectivity index (χ0n) is 18.7. The maximum absolute atomic E-state index is 13.4. The molecule has 8 heteroatoms. The van der Waals surface area contributed by atoms with Crippen molar-refractivity contribution in [2.75, 3.05) is 37.9 Å². The summed E-state index contributed by atoms with van der Waals surface area (Å²) in [6.07, 6.45) is 1.18. The molecule has 2 aromatic rings. The second kappa shape index (κ2) is 9.21. The van der Waals surface area contributed by atoms with Crippen LogP contribution < -0.4 is 10.6 Å². The summed E-state index contributed by atoms with van der Waals surface area (Å²) >= 11 is 3.39. The van der Waals surface area contributed by atoms with Gasteiger partial charge in [-0.3, -0.25) is 4.79 Å². The Morgan fingerprint density at radius 3 is 2.53 bits per heavy atom. The molecule has 2 aromatic carbocycles. The second-order valence-electron chi connectivity index (χ2n) is 8.81. The third-order valence-corrected chi connectivity index (χ3v) is 6.97. The van der Waals surface area contributed by atoms with Gasteiger partial charge >= 0.3 is 6.03 Å². The fourth-order valence-electron chi connectivity index (χ4n) is 4.47. The quantitative estimate of drug-likeness (QED) is 0.662. The molecule has 0 aliphatic carbocycles. The van der Waals surface area contributed by atoms with Gasteiger partial charge in [-0.15, -0.1) is 0 Å². The number of nitrogens with one attached hydrogen (secondary N) is 2. The van der Waals surface area contributed by atoms with E-state index in [4.69, 9.17) is 4.74 Å². The van der Waals surface area contributed by atoms with Crippen LogP contribution in [0.15, 0.2) is 46.9 Å². The number of methoxy groups -OCH3 is 1. The predicted octanol–water partition coefficient (Wildman–Crippen LogP) is 4.09. The summed E-state index contributed by atoms with van der Waals surface area (Å²) in [6, 6.07) is 13.1. The standard InChI is InChI=1S/C24H29BrN4O3/c1-24(22(30)26-20-7-4-17-14-28(2)11-10-16(17)12-20)13-21(32-3)15-29(24)23(31)27-19-8-5-18(25)6-9-19/h4-9,12,21H,10-11,13-15H2,1-3H3,(H,26,30)(H,27,31)/t21-,24-/m1/s1. The smallest absolute Gasteiger partial charge is 0.322 e. The number of benzene rings is 2. The van der Waals surface area contributed by atoms with Crippen molar-refractivity contribution in [2.45, 2.75) is 38.0 Å². The van der Waals surface area contributed by atoms with E-state index in [1.165, 1.54) is 11.1 Å². The van der Waals surface area contributed by atoms with E-state index in [2.05, 4.69) is 50.6 Å². The molecule has 1 fully saturated rings. The van der Waals surface area contributed by atoms with Gasteiger partial charge in [-0.05, 0) is 67.9 Å². The average molecular weight is 501 g/mol. The monoisotopic (exact) mass is 500 g/mol. The Hall–Kier alpha value is -2.42. The highest BCUT2D eigenvalue weighted by Gasteiger charge is 2.50. The number of hydrogen-bond donors (Lipinski definition) is 2. The molecule has 2 atom stereocenters. The first-order valence-electron chi connectivity index (χ1n) is 10.8. The summed E-state index contributed by atoms with van der Waals surface area (Å²) in [7, 11) is 3.72. The van der Waals surface area contributed by atoms with E-state index >= 15 is 0 Å². The first-order chi connectivity index (χ1) is 15.3. The highest BCUT2D eigenvalue weighted by Crippen LogP contribution is 2.33. The van der Waals surface area contributed by atoms with Crippen molar-refractivity contribution in [3.05, 3.63) is 58.1 Å². The van der Waals surface area contributed by atoms with Gasteiger partial charge in [0, 0.05) is 49.0 Å². The minimum absolute atomic E-state index is 0.208. The molecule has 0 aromatic heterocycles. The molecule has 2 aliphatic rings. The van der Waals surface area contributed by atoms with Crippen LogP contribution in [0, 0.1) is 0 Å². The highest BCUT2D eigenvalue weighted by atomic mass is 79.9. The largest absolute Gasteiger partial charge is 0.380 e. The van der Waals surface area contributed by atoms with Gasteiger partial charge in [0.1, 0.15) is 5.54 Å². The summed E-state index contributed by atoms with van der Waals surface area (Å²) in [4.78, 5) is 30.4. The van der Waals surface area contributed by atoms with Crippen LogP contribution in [-0.4, -0.2) is 60.6 Å². The van der Waals surface area contributed by atoms with Crippen LogP contribution in [0.3, 0.4) is 0 Å². The molecule has 2 heterocycles. The number of fused-ring (bicyclic) bond motifs is 1. The molecule has 170 valence electrons. The third kappa shape index (κ3) is 4.67. The fraction of sp³-hybridized carbons (Fsp3) is 0.417. The number of amides is 3. The van der Waals surface area contributed by atoms with Crippen LogP contribution in [0.5, 0.6) is 0 Å². The van der Waals surface area contributed by atoms with Crippen molar-refractivity contribution in [1.82, 2.24) is 9.80 Å². The Balaban J connectivity index is 1.51. The minimum atomic E-state index is -1.03. The molecule has 0 saturated carbocycles. The average Bonchev–Trinajstić information content (AvgIpc) is 3.13. The summed E-state index contributed by atoms with van der Waals surface area (Å²) in [5.41, 5.74) is 2.95. The number of carbonyl (C=O) groups excluding carboxylic acids is 2. The number of ether oxygens (including phenoxy) is 1. The molecular weight excluding hydrogens is 472 g/mol. The number of halogens is 1. The van der Waals surface area contributed by atoms with Crippen LogP contribution in [0.1, 0.15) is 24.5 Å². The van der Waals surface area contributed by atoms with Gasteiger partial charge in [-0.25, -0.2) is 4.79 Å². The van der Waals surface area contributed by atoms with Crippen LogP contribution in [0.25, 0.3) is 0 Å². The number of likely N-dealkylation sites (tertiary alicyclic amines) is 1. The van der Waals surface area contributed by atoms with Gasteiger partial charge in [-0.1, -0.05) is 22.0 Å². The van der Waals surface area contributed by atoms with Gasteiger partial charge < -0.3 is 25.2 Å². The van der Waals surface area contributed by atoms with E-state index in [1.807, 2.05) is 30.3 Å². The molecule has 2 aliphatic heterocycles. The zero-order chi connectivity index (χ0) is 22.9. The van der Waals surface area contributed by atoms with Gasteiger partial charge in [0.25, 0.3) is 0 Å². The number of urea groups is 1. The molecule has 0 bridgehead atoms. The van der Waals surface area contributed by atoms with Crippen LogP contribution in [-0.2, 0) is 22.5 Å². The Morgan fingerprint density at radius 1 is 1.09 bits per heavy atom. The Kier molecular flexibility index (Phi) is 6.55. The number of hydrogen-bond acceptors (Lipinski definition) is 4. The number of carbonyl (C=O) groups is 2. The Bertz CT molecular complexity index is 1010. The lowest BCUT2D eigenvalue weighted by molar-refractivity contribution is -0.124. The van der Waals surface area contributed by atoms with Gasteiger partial charge in [-0.2, -0.15) is 0 Å². The van der Waals surface area contributed by atoms with Crippen molar-refractivity contribution in [1.29, 1.82) is 0 Å². The number of rotatable bonds is 4. The molecule has 0 spiro atoms. The lowest BCUT2D eigenvalue weighted by Crippen LogP contribution is -2.54. The summed E-state index contributed by atoms with van der Waals surface area (Å²) < 4.78 is 6.45. The SMILES string of the molecule is CO[C@H]1CN(C(=O)Nc2ccc(Br)cc2)[C@@](C)(C(=O)Nc2ccc3c(c2)CCN(C)C3)C1. The van der Waals surface area contributed by atoms with E-state index in [9.17, 15) is 9.59 Å². The molecule has 7 nitrogen and oxygen atoms in total.